The molecule has 54 heavy (non-hydrogen) atoms. The second-order valence-corrected chi connectivity index (χ2v) is 13.6. The summed E-state index contributed by atoms with van der Waals surface area (Å²) in [6, 6.07) is 54.6. The second-order valence-electron chi connectivity index (χ2n) is 13.6. The summed E-state index contributed by atoms with van der Waals surface area (Å²) >= 11 is 0. The van der Waals surface area contributed by atoms with Gasteiger partial charge in [0.15, 0.2) is 5.82 Å². The summed E-state index contributed by atoms with van der Waals surface area (Å²) in [6.45, 7) is 0. The van der Waals surface area contributed by atoms with Gasteiger partial charge in [-0.15, -0.1) is 0 Å². The highest BCUT2D eigenvalue weighted by molar-refractivity contribution is 6.07. The average molecular weight is 689 g/mol. The van der Waals surface area contributed by atoms with E-state index in [1.807, 2.05) is 48.8 Å². The number of para-hydroxylation sites is 1. The molecule has 5 heterocycles. The minimum atomic E-state index is 0.614. The van der Waals surface area contributed by atoms with E-state index in [2.05, 4.69) is 131 Å². The van der Waals surface area contributed by atoms with Crippen molar-refractivity contribution in [3.8, 4) is 45.2 Å². The van der Waals surface area contributed by atoms with Gasteiger partial charge in [-0.3, -0.25) is 4.98 Å². The zero-order valence-corrected chi connectivity index (χ0v) is 28.8. The molecule has 5 aromatic heterocycles. The van der Waals surface area contributed by atoms with Crippen molar-refractivity contribution >= 4 is 65.3 Å². The number of nitrogens with zero attached hydrogens (tertiary/aromatic N) is 6. The molecule has 0 aliphatic carbocycles. The largest absolute Gasteiger partial charge is 0.254 e. The highest BCUT2D eigenvalue weighted by Crippen LogP contribution is 2.37. The molecular formula is C48H28N6. The van der Waals surface area contributed by atoms with Crippen LogP contribution in [0.4, 0.5) is 0 Å². The van der Waals surface area contributed by atoms with Crippen LogP contribution < -0.4 is 0 Å². The maximum absolute atomic E-state index is 5.24. The van der Waals surface area contributed by atoms with Crippen molar-refractivity contribution in [2.45, 2.75) is 0 Å². The van der Waals surface area contributed by atoms with Gasteiger partial charge >= 0.3 is 0 Å². The molecular weight excluding hydrogens is 661 g/mol. The van der Waals surface area contributed by atoms with Crippen molar-refractivity contribution in [2.24, 2.45) is 0 Å². The van der Waals surface area contributed by atoms with E-state index in [0.717, 1.165) is 105 Å². The van der Waals surface area contributed by atoms with Crippen LogP contribution in [0.3, 0.4) is 0 Å². The SMILES string of the molecule is c1ccc2nc(-c3ccc4ccc(-c5ccc6ccc(-c7ccc(-c8ccc9ccc%10cccnc%10c9n8)c8ccccc78)nc6c5)cc4n3)ncc2c1. The zero-order chi connectivity index (χ0) is 35.6. The van der Waals surface area contributed by atoms with Crippen molar-refractivity contribution in [1.29, 1.82) is 0 Å². The summed E-state index contributed by atoms with van der Waals surface area (Å²) in [6.07, 6.45) is 3.69. The van der Waals surface area contributed by atoms with Crippen LogP contribution in [0.1, 0.15) is 0 Å². The van der Waals surface area contributed by atoms with Crippen molar-refractivity contribution in [3.05, 3.63) is 170 Å². The Kier molecular flexibility index (Phi) is 6.75. The first-order valence-electron chi connectivity index (χ1n) is 17.9. The van der Waals surface area contributed by atoms with E-state index in [0.29, 0.717) is 5.82 Å². The lowest BCUT2D eigenvalue weighted by Gasteiger charge is -2.13. The molecule has 11 rings (SSSR count). The maximum Gasteiger partial charge on any atom is 0.178 e. The number of pyridine rings is 4. The molecule has 0 fully saturated rings. The smallest absolute Gasteiger partial charge is 0.178 e. The fourth-order valence-corrected chi connectivity index (χ4v) is 7.58. The first-order valence-corrected chi connectivity index (χ1v) is 17.9. The monoisotopic (exact) mass is 688 g/mol. The zero-order valence-electron chi connectivity index (χ0n) is 28.8. The van der Waals surface area contributed by atoms with Gasteiger partial charge in [-0.2, -0.15) is 0 Å². The predicted octanol–water partition coefficient (Wildman–Crippen LogP) is 11.6. The van der Waals surface area contributed by atoms with E-state index in [-0.39, 0.29) is 0 Å². The molecule has 11 aromatic rings. The number of fused-ring (bicyclic) bond motifs is 7. The summed E-state index contributed by atoms with van der Waals surface area (Å²) in [5.41, 5.74) is 11.4. The van der Waals surface area contributed by atoms with Gasteiger partial charge in [0.1, 0.15) is 5.69 Å². The van der Waals surface area contributed by atoms with E-state index >= 15 is 0 Å². The minimum absolute atomic E-state index is 0.614. The van der Waals surface area contributed by atoms with E-state index in [4.69, 9.17) is 19.9 Å². The highest BCUT2D eigenvalue weighted by Gasteiger charge is 2.14. The van der Waals surface area contributed by atoms with Gasteiger partial charge in [-0.25, -0.2) is 24.9 Å². The summed E-state index contributed by atoms with van der Waals surface area (Å²) in [7, 11) is 0. The summed E-state index contributed by atoms with van der Waals surface area (Å²) < 4.78 is 0. The van der Waals surface area contributed by atoms with Crippen LogP contribution in [-0.2, 0) is 0 Å². The molecule has 0 unspecified atom stereocenters. The van der Waals surface area contributed by atoms with Crippen LogP contribution in [0.15, 0.2) is 170 Å². The highest BCUT2D eigenvalue weighted by atomic mass is 14.9. The quantitative estimate of drug-likeness (QED) is 0.171. The lowest BCUT2D eigenvalue weighted by molar-refractivity contribution is 1.19. The van der Waals surface area contributed by atoms with Gasteiger partial charge in [0.25, 0.3) is 0 Å². The first kappa shape index (κ1) is 30.2. The Morgan fingerprint density at radius 3 is 1.63 bits per heavy atom. The molecule has 0 bridgehead atoms. The molecule has 0 saturated heterocycles. The Labute approximate surface area is 309 Å². The predicted molar refractivity (Wildman–Crippen MR) is 220 cm³/mol. The third-order valence-corrected chi connectivity index (χ3v) is 10.3. The van der Waals surface area contributed by atoms with Gasteiger partial charge in [-0.05, 0) is 64.4 Å². The van der Waals surface area contributed by atoms with Crippen LogP contribution in [0.25, 0.3) is 110 Å². The fourth-order valence-electron chi connectivity index (χ4n) is 7.58. The molecule has 0 atom stereocenters. The van der Waals surface area contributed by atoms with Crippen LogP contribution in [0.2, 0.25) is 0 Å². The Hall–Kier alpha value is -7.44. The van der Waals surface area contributed by atoms with Crippen molar-refractivity contribution in [3.63, 3.8) is 0 Å². The van der Waals surface area contributed by atoms with Gasteiger partial charge in [0.2, 0.25) is 0 Å². The molecule has 6 heteroatoms. The Balaban J connectivity index is 0.975. The van der Waals surface area contributed by atoms with Crippen LogP contribution >= 0.6 is 0 Å². The van der Waals surface area contributed by atoms with Crippen LogP contribution in [0, 0.1) is 0 Å². The number of hydrogen-bond acceptors (Lipinski definition) is 6. The number of rotatable bonds is 4. The Morgan fingerprint density at radius 1 is 0.333 bits per heavy atom. The van der Waals surface area contributed by atoms with Crippen molar-refractivity contribution in [1.82, 2.24) is 29.9 Å². The summed E-state index contributed by atoms with van der Waals surface area (Å²) in [5, 5.41) is 7.56. The molecule has 6 aromatic carbocycles. The molecule has 0 spiro atoms. The van der Waals surface area contributed by atoms with Crippen molar-refractivity contribution < 1.29 is 0 Å². The summed E-state index contributed by atoms with van der Waals surface area (Å²) in [5.74, 6) is 0.614. The van der Waals surface area contributed by atoms with Gasteiger partial charge < -0.3 is 0 Å². The van der Waals surface area contributed by atoms with Gasteiger partial charge in [-0.1, -0.05) is 115 Å². The van der Waals surface area contributed by atoms with Gasteiger partial charge in [0, 0.05) is 50.5 Å². The molecule has 0 aliphatic rings. The Bertz CT molecular complexity index is 3300. The minimum Gasteiger partial charge on any atom is -0.254 e. The van der Waals surface area contributed by atoms with Crippen molar-refractivity contribution in [2.75, 3.05) is 0 Å². The maximum atomic E-state index is 5.24. The average Bonchev–Trinajstić information content (AvgIpc) is 3.25. The van der Waals surface area contributed by atoms with E-state index in [1.165, 1.54) is 0 Å². The second kappa shape index (κ2) is 12.1. The topological polar surface area (TPSA) is 77.3 Å². The number of hydrogen-bond donors (Lipinski definition) is 0. The first-order chi connectivity index (χ1) is 26.7. The standard InChI is InChI=1S/C48H28N6/c1-4-10-40-35(6-1)28-50-48(54-40)43-24-18-30-12-16-34(27-45(30)52-43)33-15-11-29-17-22-41(51-44(29)26-33)38-20-21-39(37-9-3-2-8-36(37)38)42-23-19-32-14-13-31-7-5-25-49-46(31)47(32)53-42/h1-28H. The molecule has 0 amide bonds. The van der Waals surface area contributed by atoms with Gasteiger partial charge in [0.05, 0.1) is 39.0 Å². The van der Waals surface area contributed by atoms with E-state index in [1.54, 1.807) is 0 Å². The molecule has 0 N–H and O–H groups in total. The Morgan fingerprint density at radius 2 is 0.889 bits per heavy atom. The molecule has 0 radical (unpaired) electrons. The number of aromatic nitrogens is 6. The van der Waals surface area contributed by atoms with Crippen LogP contribution in [0.5, 0.6) is 0 Å². The fraction of sp³-hybridized carbons (Fsp3) is 0. The molecule has 0 aliphatic heterocycles. The third-order valence-electron chi connectivity index (χ3n) is 10.3. The normalized spacial score (nSPS) is 11.7. The summed E-state index contributed by atoms with van der Waals surface area (Å²) in [4.78, 5) is 29.4. The van der Waals surface area contributed by atoms with E-state index in [9.17, 15) is 0 Å². The molecule has 0 saturated carbocycles. The third kappa shape index (κ3) is 5.04. The van der Waals surface area contributed by atoms with Crippen LogP contribution in [-0.4, -0.2) is 29.9 Å². The van der Waals surface area contributed by atoms with E-state index < -0.39 is 0 Å². The lowest BCUT2D eigenvalue weighted by atomic mass is 9.95. The number of benzene rings is 6. The lowest BCUT2D eigenvalue weighted by Crippen LogP contribution is -1.93. The molecule has 6 nitrogen and oxygen atoms in total. The molecule has 250 valence electrons.